The summed E-state index contributed by atoms with van der Waals surface area (Å²) in [4.78, 5) is 6.18. The first-order valence-electron chi connectivity index (χ1n) is 6.50. The van der Waals surface area contributed by atoms with Gasteiger partial charge in [0, 0.05) is 18.8 Å². The summed E-state index contributed by atoms with van der Waals surface area (Å²) < 4.78 is 5.35. The third-order valence-electron chi connectivity index (χ3n) is 3.71. The molecule has 3 rings (SSSR count). The molecule has 0 unspecified atom stereocenters. The van der Waals surface area contributed by atoms with E-state index in [9.17, 15) is 0 Å². The molecule has 1 aromatic heterocycles. The molecule has 0 bridgehead atoms. The Labute approximate surface area is 117 Å². The normalized spacial score (nSPS) is 10.9. The first-order chi connectivity index (χ1) is 9.56. The van der Waals surface area contributed by atoms with Crippen LogP contribution in [-0.4, -0.2) is 12.0 Å². The van der Waals surface area contributed by atoms with Gasteiger partial charge in [-0.3, -0.25) is 0 Å². The van der Waals surface area contributed by atoms with Crippen molar-refractivity contribution in [2.24, 2.45) is 0 Å². The Bertz CT molecular complexity index is 776. The minimum Gasteiger partial charge on any atom is -0.443 e. The van der Waals surface area contributed by atoms with E-state index in [1.807, 2.05) is 31.3 Å². The largest absolute Gasteiger partial charge is 0.443 e. The number of hydrogen-bond donors (Lipinski definition) is 1. The van der Waals surface area contributed by atoms with Crippen molar-refractivity contribution in [3.8, 4) is 0 Å². The highest BCUT2D eigenvalue weighted by Gasteiger charge is 2.11. The van der Waals surface area contributed by atoms with Crippen molar-refractivity contribution in [2.75, 3.05) is 17.7 Å². The quantitative estimate of drug-likeness (QED) is 0.718. The minimum absolute atomic E-state index is 0.772. The van der Waals surface area contributed by atoms with E-state index in [-0.39, 0.29) is 0 Å². The van der Waals surface area contributed by atoms with Crippen LogP contribution in [0.4, 0.5) is 17.1 Å². The van der Waals surface area contributed by atoms with Gasteiger partial charge in [-0.1, -0.05) is 0 Å². The zero-order chi connectivity index (χ0) is 14.3. The van der Waals surface area contributed by atoms with E-state index in [0.29, 0.717) is 0 Å². The molecule has 4 nitrogen and oxygen atoms in total. The number of oxazole rings is 1. The highest BCUT2D eigenvalue weighted by molar-refractivity contribution is 5.82. The van der Waals surface area contributed by atoms with Crippen molar-refractivity contribution in [3.63, 3.8) is 0 Å². The van der Waals surface area contributed by atoms with Crippen LogP contribution in [0.3, 0.4) is 0 Å². The lowest BCUT2D eigenvalue weighted by atomic mass is 10.1. The molecule has 0 saturated carbocycles. The minimum atomic E-state index is 0.772. The van der Waals surface area contributed by atoms with Crippen molar-refractivity contribution in [1.29, 1.82) is 0 Å². The topological polar surface area (TPSA) is 55.3 Å². The number of nitrogens with two attached hydrogens (primary N) is 1. The molecule has 1 heterocycles. The molecule has 0 aliphatic rings. The lowest BCUT2D eigenvalue weighted by Crippen LogP contribution is -2.12. The van der Waals surface area contributed by atoms with E-state index in [1.165, 1.54) is 17.5 Å². The Hall–Kier alpha value is -2.49. The molecule has 0 atom stereocenters. The Balaban J connectivity index is 2.07. The predicted octanol–water partition coefficient (Wildman–Crippen LogP) is 3.79. The maximum Gasteiger partial charge on any atom is 0.181 e. The van der Waals surface area contributed by atoms with Crippen LogP contribution in [0.15, 0.2) is 41.1 Å². The van der Waals surface area contributed by atoms with E-state index in [4.69, 9.17) is 10.2 Å². The number of nitrogens with zero attached hydrogens (tertiary/aromatic N) is 2. The zero-order valence-corrected chi connectivity index (χ0v) is 11.8. The molecule has 0 aliphatic carbocycles. The molecule has 0 fully saturated rings. The van der Waals surface area contributed by atoms with Crippen molar-refractivity contribution < 1.29 is 4.42 Å². The third-order valence-corrected chi connectivity index (χ3v) is 3.71. The van der Waals surface area contributed by atoms with Gasteiger partial charge in [-0.05, 0) is 49.2 Å². The van der Waals surface area contributed by atoms with Gasteiger partial charge < -0.3 is 15.1 Å². The number of rotatable bonds is 2. The first-order valence-corrected chi connectivity index (χ1v) is 6.50. The van der Waals surface area contributed by atoms with Crippen LogP contribution in [0.2, 0.25) is 0 Å². The smallest absolute Gasteiger partial charge is 0.181 e. The van der Waals surface area contributed by atoms with Crippen molar-refractivity contribution >= 4 is 28.2 Å². The average Bonchev–Trinajstić information content (AvgIpc) is 2.89. The highest BCUT2D eigenvalue weighted by atomic mass is 16.3. The van der Waals surface area contributed by atoms with Gasteiger partial charge in [0.05, 0.1) is 11.4 Å². The summed E-state index contributed by atoms with van der Waals surface area (Å²) in [7, 11) is 2.00. The summed E-state index contributed by atoms with van der Waals surface area (Å²) in [5.41, 5.74) is 13.0. The van der Waals surface area contributed by atoms with E-state index in [1.54, 1.807) is 0 Å². The van der Waals surface area contributed by atoms with Crippen molar-refractivity contribution in [1.82, 2.24) is 4.98 Å². The summed E-state index contributed by atoms with van der Waals surface area (Å²) in [6.45, 7) is 4.15. The van der Waals surface area contributed by atoms with Crippen LogP contribution >= 0.6 is 0 Å². The number of anilines is 3. The zero-order valence-electron chi connectivity index (χ0n) is 11.8. The SMILES string of the molecule is Cc1cc(N)c(N(C)c2ccc3ncoc3c2)cc1C. The van der Waals surface area contributed by atoms with E-state index < -0.39 is 0 Å². The maximum absolute atomic E-state index is 6.14. The number of benzene rings is 2. The van der Waals surface area contributed by atoms with Gasteiger partial charge in [-0.2, -0.15) is 0 Å². The van der Waals surface area contributed by atoms with Crippen LogP contribution in [0.5, 0.6) is 0 Å². The second kappa shape index (κ2) is 4.56. The number of hydrogen-bond acceptors (Lipinski definition) is 4. The molecule has 0 radical (unpaired) electrons. The van der Waals surface area contributed by atoms with Gasteiger partial charge in [0.1, 0.15) is 5.52 Å². The molecule has 0 aliphatic heterocycles. The number of fused-ring (bicyclic) bond motifs is 1. The fourth-order valence-electron chi connectivity index (χ4n) is 2.31. The number of aryl methyl sites for hydroxylation is 2. The lowest BCUT2D eigenvalue weighted by Gasteiger charge is -2.22. The second-order valence-corrected chi connectivity index (χ2v) is 5.06. The summed E-state index contributed by atoms with van der Waals surface area (Å²) in [5.74, 6) is 0. The van der Waals surface area contributed by atoms with Gasteiger partial charge in [-0.15, -0.1) is 0 Å². The standard InChI is InChI=1S/C16H17N3O/c1-10-6-13(17)15(7-11(10)2)19(3)12-4-5-14-16(8-12)20-9-18-14/h4-9H,17H2,1-3H3. The summed E-state index contributed by atoms with van der Waals surface area (Å²) in [5, 5.41) is 0. The second-order valence-electron chi connectivity index (χ2n) is 5.06. The molecule has 0 amide bonds. The Morgan fingerprint density at radius 2 is 1.85 bits per heavy atom. The molecule has 0 spiro atoms. The van der Waals surface area contributed by atoms with E-state index in [2.05, 4.69) is 29.8 Å². The summed E-state index contributed by atoms with van der Waals surface area (Å²) in [6.07, 6.45) is 1.46. The number of nitrogen functional groups attached to an aromatic ring is 1. The molecule has 2 aromatic carbocycles. The lowest BCUT2D eigenvalue weighted by molar-refractivity contribution is 0.602. The van der Waals surface area contributed by atoms with Crippen molar-refractivity contribution in [2.45, 2.75) is 13.8 Å². The van der Waals surface area contributed by atoms with Gasteiger partial charge >= 0.3 is 0 Å². The Morgan fingerprint density at radius 1 is 1.10 bits per heavy atom. The van der Waals surface area contributed by atoms with Gasteiger partial charge in [0.25, 0.3) is 0 Å². The van der Waals surface area contributed by atoms with E-state index >= 15 is 0 Å². The van der Waals surface area contributed by atoms with Gasteiger partial charge in [0.15, 0.2) is 12.0 Å². The molecule has 102 valence electrons. The maximum atomic E-state index is 6.14. The number of aromatic nitrogens is 1. The Morgan fingerprint density at radius 3 is 2.65 bits per heavy atom. The average molecular weight is 267 g/mol. The van der Waals surface area contributed by atoms with Gasteiger partial charge in [-0.25, -0.2) is 4.98 Å². The Kier molecular flexibility index (Phi) is 2.86. The monoisotopic (exact) mass is 267 g/mol. The molecular formula is C16H17N3O. The van der Waals surface area contributed by atoms with Crippen LogP contribution in [0.1, 0.15) is 11.1 Å². The van der Waals surface area contributed by atoms with Gasteiger partial charge in [0.2, 0.25) is 0 Å². The third kappa shape index (κ3) is 1.99. The molecule has 0 saturated heterocycles. The first kappa shape index (κ1) is 12.5. The van der Waals surface area contributed by atoms with Crippen LogP contribution < -0.4 is 10.6 Å². The fourth-order valence-corrected chi connectivity index (χ4v) is 2.31. The fraction of sp³-hybridized carbons (Fsp3) is 0.188. The molecule has 3 aromatic rings. The molecule has 4 heteroatoms. The predicted molar refractivity (Wildman–Crippen MR) is 82.4 cm³/mol. The van der Waals surface area contributed by atoms with Crippen LogP contribution in [0.25, 0.3) is 11.1 Å². The van der Waals surface area contributed by atoms with Crippen LogP contribution in [0, 0.1) is 13.8 Å². The van der Waals surface area contributed by atoms with Crippen molar-refractivity contribution in [3.05, 3.63) is 47.9 Å². The molecule has 2 N–H and O–H groups in total. The molecule has 20 heavy (non-hydrogen) atoms. The van der Waals surface area contributed by atoms with E-state index in [0.717, 1.165) is 28.2 Å². The summed E-state index contributed by atoms with van der Waals surface area (Å²) in [6, 6.07) is 10.0. The van der Waals surface area contributed by atoms with Crippen LogP contribution in [-0.2, 0) is 0 Å². The highest BCUT2D eigenvalue weighted by Crippen LogP contribution is 2.32. The summed E-state index contributed by atoms with van der Waals surface area (Å²) >= 11 is 0. The molecular weight excluding hydrogens is 250 g/mol.